The molecular weight excluding hydrogens is 264 g/mol. The molecule has 8 heteroatoms. The summed E-state index contributed by atoms with van der Waals surface area (Å²) in [7, 11) is 0. The number of nitrogens with two attached hydrogens (primary N) is 1. The highest BCUT2D eigenvalue weighted by molar-refractivity contribution is 4.81. The van der Waals surface area contributed by atoms with Gasteiger partial charge in [0, 0.05) is 12.6 Å². The molecule has 0 aromatic rings. The highest BCUT2D eigenvalue weighted by Crippen LogP contribution is 2.36. The van der Waals surface area contributed by atoms with Crippen molar-refractivity contribution in [1.82, 2.24) is 0 Å². The molecule has 18 heavy (non-hydrogen) atoms. The van der Waals surface area contributed by atoms with Gasteiger partial charge >= 0.3 is 12.4 Å². The van der Waals surface area contributed by atoms with E-state index in [-0.39, 0.29) is 18.4 Å². The molecule has 2 atom stereocenters. The molecule has 2 N–H and O–H groups in total. The summed E-state index contributed by atoms with van der Waals surface area (Å²) < 4.78 is 76.7. The Morgan fingerprint density at radius 3 is 2.00 bits per heavy atom. The highest BCUT2D eigenvalue weighted by atomic mass is 19.4. The highest BCUT2D eigenvalue weighted by Gasteiger charge is 2.57. The van der Waals surface area contributed by atoms with Crippen LogP contribution in [0, 0.1) is 5.92 Å². The second kappa shape index (κ2) is 5.64. The normalized spacial score (nSPS) is 26.0. The molecule has 0 aliphatic heterocycles. The van der Waals surface area contributed by atoms with E-state index in [1.165, 1.54) is 0 Å². The van der Waals surface area contributed by atoms with Crippen molar-refractivity contribution in [2.75, 3.05) is 6.61 Å². The third kappa shape index (κ3) is 4.31. The number of rotatable bonds is 4. The molecule has 1 aliphatic rings. The van der Waals surface area contributed by atoms with Crippen molar-refractivity contribution in [2.45, 2.75) is 50.2 Å². The fraction of sp³-hybridized carbons (Fsp3) is 1.00. The van der Waals surface area contributed by atoms with Crippen LogP contribution in [0.25, 0.3) is 0 Å². The summed E-state index contributed by atoms with van der Waals surface area (Å²) >= 11 is 0. The zero-order chi connectivity index (χ0) is 14.0. The molecule has 1 rings (SSSR count). The quantitative estimate of drug-likeness (QED) is 0.803. The van der Waals surface area contributed by atoms with E-state index in [1.807, 2.05) is 0 Å². The molecule has 0 bridgehead atoms. The molecule has 1 saturated carbocycles. The summed E-state index contributed by atoms with van der Waals surface area (Å²) in [6, 6.07) is -0.149. The maximum atomic E-state index is 12.1. The molecule has 108 valence electrons. The Labute approximate surface area is 100 Å². The number of hydrogen-bond donors (Lipinski definition) is 1. The second-order valence-corrected chi connectivity index (χ2v) is 4.48. The first-order valence-electron chi connectivity index (χ1n) is 5.63. The predicted molar refractivity (Wildman–Crippen MR) is 51.8 cm³/mol. The topological polar surface area (TPSA) is 35.2 Å². The monoisotopic (exact) mass is 279 g/mol. The molecule has 2 nitrogen and oxygen atoms in total. The van der Waals surface area contributed by atoms with E-state index in [0.29, 0.717) is 0 Å². The van der Waals surface area contributed by atoms with E-state index in [0.717, 1.165) is 19.3 Å². The van der Waals surface area contributed by atoms with Gasteiger partial charge in [0.25, 0.3) is 0 Å². The van der Waals surface area contributed by atoms with E-state index >= 15 is 0 Å². The summed E-state index contributed by atoms with van der Waals surface area (Å²) in [5.74, 6) is -0.0490. The zero-order valence-corrected chi connectivity index (χ0v) is 9.52. The maximum absolute atomic E-state index is 12.1. The molecule has 1 aliphatic carbocycles. The van der Waals surface area contributed by atoms with Gasteiger partial charge in [-0.2, -0.15) is 26.3 Å². The largest absolute Gasteiger partial charge is 0.423 e. The Bertz CT molecular complexity index is 250. The van der Waals surface area contributed by atoms with Gasteiger partial charge in [-0.3, -0.25) is 0 Å². The Morgan fingerprint density at radius 1 is 1.06 bits per heavy atom. The molecule has 1 fully saturated rings. The number of ether oxygens (including phenoxy) is 1. The van der Waals surface area contributed by atoms with Gasteiger partial charge in [0.05, 0.1) is 0 Å². The summed E-state index contributed by atoms with van der Waals surface area (Å²) in [6.45, 7) is -0.581. The van der Waals surface area contributed by atoms with E-state index in [2.05, 4.69) is 4.74 Å². The van der Waals surface area contributed by atoms with E-state index in [1.54, 1.807) is 0 Å². The van der Waals surface area contributed by atoms with E-state index < -0.39 is 25.1 Å². The average Bonchev–Trinajstić information content (AvgIpc) is 2.55. The fourth-order valence-electron chi connectivity index (χ4n) is 2.14. The van der Waals surface area contributed by atoms with Gasteiger partial charge in [0.15, 0.2) is 0 Å². The van der Waals surface area contributed by atoms with Crippen LogP contribution < -0.4 is 5.73 Å². The summed E-state index contributed by atoms with van der Waals surface area (Å²) in [5.41, 5.74) is 5.67. The molecule has 0 radical (unpaired) electrons. The van der Waals surface area contributed by atoms with Gasteiger partial charge in [-0.05, 0) is 25.2 Å². The van der Waals surface area contributed by atoms with E-state index in [9.17, 15) is 26.3 Å². The van der Waals surface area contributed by atoms with Crippen molar-refractivity contribution >= 4 is 0 Å². The summed E-state index contributed by atoms with van der Waals surface area (Å²) in [6.07, 6.45) is -12.1. The molecule has 0 saturated heterocycles. The Balaban J connectivity index is 2.43. The van der Waals surface area contributed by atoms with Crippen molar-refractivity contribution in [1.29, 1.82) is 0 Å². The average molecular weight is 279 g/mol. The second-order valence-electron chi connectivity index (χ2n) is 4.48. The minimum Gasteiger partial charge on any atom is -0.361 e. The molecule has 2 unspecified atom stereocenters. The first-order chi connectivity index (χ1) is 8.12. The Hall–Kier alpha value is -0.500. The Morgan fingerprint density at radius 2 is 1.61 bits per heavy atom. The van der Waals surface area contributed by atoms with Gasteiger partial charge in [-0.15, -0.1) is 0 Å². The van der Waals surface area contributed by atoms with Crippen LogP contribution in [-0.4, -0.2) is 31.1 Å². The standard InChI is InChI=1S/C10H15F6NO/c11-9(12,13)8(10(14,15)16)18-5-4-6-2-1-3-7(6)17/h6-8H,1-5,17H2. The third-order valence-corrected chi connectivity index (χ3v) is 3.09. The molecular formula is C10H15F6NO. The van der Waals surface area contributed by atoms with Crippen LogP contribution >= 0.6 is 0 Å². The third-order valence-electron chi connectivity index (χ3n) is 3.09. The number of alkyl halides is 6. The molecule has 0 spiro atoms. The van der Waals surface area contributed by atoms with Crippen LogP contribution in [0.15, 0.2) is 0 Å². The summed E-state index contributed by atoms with van der Waals surface area (Å²) in [4.78, 5) is 0. The van der Waals surface area contributed by atoms with Crippen molar-refractivity contribution in [2.24, 2.45) is 11.7 Å². The Kier molecular flexibility index (Phi) is 4.88. The van der Waals surface area contributed by atoms with Crippen LogP contribution in [0.4, 0.5) is 26.3 Å². The van der Waals surface area contributed by atoms with Crippen LogP contribution in [0.2, 0.25) is 0 Å². The lowest BCUT2D eigenvalue weighted by Crippen LogP contribution is -2.44. The molecule has 0 aromatic carbocycles. The SMILES string of the molecule is NC1CCCC1CCOC(C(F)(F)F)C(F)(F)F. The van der Waals surface area contributed by atoms with Gasteiger partial charge in [0.1, 0.15) is 0 Å². The van der Waals surface area contributed by atoms with Crippen LogP contribution in [0.3, 0.4) is 0 Å². The minimum absolute atomic E-state index is 0.0490. The molecule has 0 aromatic heterocycles. The number of halogens is 6. The van der Waals surface area contributed by atoms with Crippen molar-refractivity contribution < 1.29 is 31.1 Å². The van der Waals surface area contributed by atoms with E-state index in [4.69, 9.17) is 5.73 Å². The first-order valence-corrected chi connectivity index (χ1v) is 5.63. The van der Waals surface area contributed by atoms with Crippen LogP contribution in [0.5, 0.6) is 0 Å². The lowest BCUT2D eigenvalue weighted by atomic mass is 10.0. The van der Waals surface area contributed by atoms with Gasteiger partial charge in [0.2, 0.25) is 6.10 Å². The predicted octanol–water partition coefficient (Wildman–Crippen LogP) is 3.01. The van der Waals surface area contributed by atoms with Crippen molar-refractivity contribution in [3.63, 3.8) is 0 Å². The zero-order valence-electron chi connectivity index (χ0n) is 9.52. The maximum Gasteiger partial charge on any atom is 0.423 e. The van der Waals surface area contributed by atoms with Gasteiger partial charge in [-0.25, -0.2) is 0 Å². The van der Waals surface area contributed by atoms with Gasteiger partial charge in [-0.1, -0.05) is 6.42 Å². The molecule has 0 heterocycles. The van der Waals surface area contributed by atoms with Crippen LogP contribution in [-0.2, 0) is 4.74 Å². The van der Waals surface area contributed by atoms with Crippen molar-refractivity contribution in [3.05, 3.63) is 0 Å². The first kappa shape index (κ1) is 15.6. The van der Waals surface area contributed by atoms with Gasteiger partial charge < -0.3 is 10.5 Å². The summed E-state index contributed by atoms with van der Waals surface area (Å²) in [5, 5.41) is 0. The van der Waals surface area contributed by atoms with Crippen molar-refractivity contribution in [3.8, 4) is 0 Å². The number of hydrogen-bond acceptors (Lipinski definition) is 2. The smallest absolute Gasteiger partial charge is 0.361 e. The van der Waals surface area contributed by atoms with Crippen LogP contribution in [0.1, 0.15) is 25.7 Å². The molecule has 0 amide bonds. The minimum atomic E-state index is -5.43. The lowest BCUT2D eigenvalue weighted by Gasteiger charge is -2.24. The fourth-order valence-corrected chi connectivity index (χ4v) is 2.14. The lowest BCUT2D eigenvalue weighted by molar-refractivity contribution is -0.322.